The minimum atomic E-state index is -0.561. The van der Waals surface area contributed by atoms with Crippen LogP contribution in [0.4, 0.5) is 0 Å². The highest BCUT2D eigenvalue weighted by Gasteiger charge is 2.08. The summed E-state index contributed by atoms with van der Waals surface area (Å²) in [5.41, 5.74) is 5.91. The van der Waals surface area contributed by atoms with Crippen molar-refractivity contribution in [3.05, 3.63) is 40.7 Å². The lowest BCUT2D eigenvalue weighted by molar-refractivity contribution is 0.414. The van der Waals surface area contributed by atoms with E-state index in [0.717, 1.165) is 4.68 Å². The summed E-state index contributed by atoms with van der Waals surface area (Å²) in [5, 5.41) is 3.93. The van der Waals surface area contributed by atoms with Crippen molar-refractivity contribution in [1.29, 1.82) is 0 Å². The summed E-state index contributed by atoms with van der Waals surface area (Å²) >= 11 is 0. The monoisotopic (exact) mass is 221 g/mol. The number of aromatic nitrogens is 2. The van der Waals surface area contributed by atoms with Crippen molar-refractivity contribution in [2.24, 2.45) is 5.73 Å². The standard InChI is InChI=1S/C10H11N3O3/c1-15-8-4-2-3-7(5-8)13-10(14)16-9(6-11)12-13/h2-5H,6,11H2,1H3. The molecule has 0 amide bonds. The van der Waals surface area contributed by atoms with Crippen LogP contribution >= 0.6 is 0 Å². The molecule has 0 aliphatic heterocycles. The van der Waals surface area contributed by atoms with Gasteiger partial charge in [0.15, 0.2) is 0 Å². The van der Waals surface area contributed by atoms with Gasteiger partial charge in [-0.3, -0.25) is 0 Å². The van der Waals surface area contributed by atoms with Gasteiger partial charge < -0.3 is 14.9 Å². The first kappa shape index (κ1) is 10.4. The Kier molecular flexibility index (Phi) is 2.74. The van der Waals surface area contributed by atoms with Crippen LogP contribution in [0, 0.1) is 0 Å². The number of hydrogen-bond donors (Lipinski definition) is 1. The molecule has 0 radical (unpaired) electrons. The van der Waals surface area contributed by atoms with Gasteiger partial charge in [-0.1, -0.05) is 6.07 Å². The highest BCUT2D eigenvalue weighted by Crippen LogP contribution is 2.14. The molecule has 0 spiro atoms. The normalized spacial score (nSPS) is 10.4. The van der Waals surface area contributed by atoms with Gasteiger partial charge >= 0.3 is 5.76 Å². The Bertz CT molecular complexity index is 544. The number of methoxy groups -OCH3 is 1. The molecule has 2 aromatic rings. The molecule has 0 saturated heterocycles. The molecule has 0 saturated carbocycles. The fourth-order valence-electron chi connectivity index (χ4n) is 1.30. The molecule has 16 heavy (non-hydrogen) atoms. The van der Waals surface area contributed by atoms with Crippen molar-refractivity contribution in [2.75, 3.05) is 7.11 Å². The predicted molar refractivity (Wildman–Crippen MR) is 56.5 cm³/mol. The van der Waals surface area contributed by atoms with Gasteiger partial charge in [-0.25, -0.2) is 4.79 Å². The molecular weight excluding hydrogens is 210 g/mol. The maximum atomic E-state index is 11.4. The van der Waals surface area contributed by atoms with E-state index < -0.39 is 5.76 Å². The zero-order valence-corrected chi connectivity index (χ0v) is 8.71. The topological polar surface area (TPSA) is 83.3 Å². The van der Waals surface area contributed by atoms with Crippen LogP contribution in [0.2, 0.25) is 0 Å². The lowest BCUT2D eigenvalue weighted by Crippen LogP contribution is -2.13. The van der Waals surface area contributed by atoms with Crippen molar-refractivity contribution in [3.63, 3.8) is 0 Å². The molecule has 2 rings (SSSR count). The number of nitrogens with zero attached hydrogens (tertiary/aromatic N) is 2. The van der Waals surface area contributed by atoms with Crippen molar-refractivity contribution in [2.45, 2.75) is 6.54 Å². The third kappa shape index (κ3) is 1.82. The van der Waals surface area contributed by atoms with Crippen LogP contribution in [0.25, 0.3) is 5.69 Å². The van der Waals surface area contributed by atoms with Crippen LogP contribution in [-0.4, -0.2) is 16.9 Å². The van der Waals surface area contributed by atoms with Crippen LogP contribution < -0.4 is 16.2 Å². The number of hydrogen-bond acceptors (Lipinski definition) is 5. The van der Waals surface area contributed by atoms with Gasteiger partial charge in [-0.15, -0.1) is 5.10 Å². The Morgan fingerprint density at radius 2 is 2.38 bits per heavy atom. The van der Waals surface area contributed by atoms with Crippen molar-refractivity contribution < 1.29 is 9.15 Å². The van der Waals surface area contributed by atoms with Gasteiger partial charge in [0.25, 0.3) is 0 Å². The van der Waals surface area contributed by atoms with Gasteiger partial charge in [0.2, 0.25) is 5.89 Å². The molecule has 0 aliphatic carbocycles. The highest BCUT2D eigenvalue weighted by atomic mass is 16.5. The fraction of sp³-hybridized carbons (Fsp3) is 0.200. The SMILES string of the molecule is COc1cccc(-n2nc(CN)oc2=O)c1. The quantitative estimate of drug-likeness (QED) is 0.805. The third-order valence-electron chi connectivity index (χ3n) is 2.06. The Morgan fingerprint density at radius 3 is 3.00 bits per heavy atom. The van der Waals surface area contributed by atoms with E-state index in [4.69, 9.17) is 14.9 Å². The molecule has 1 aromatic carbocycles. The molecule has 0 aliphatic rings. The summed E-state index contributed by atoms with van der Waals surface area (Å²) < 4.78 is 11.0. The molecule has 6 nitrogen and oxygen atoms in total. The Labute approximate surface area is 91.2 Å². The lowest BCUT2D eigenvalue weighted by Gasteiger charge is -2.01. The second-order valence-electron chi connectivity index (χ2n) is 3.08. The van der Waals surface area contributed by atoms with Crippen LogP contribution in [0.15, 0.2) is 33.5 Å². The summed E-state index contributed by atoms with van der Waals surface area (Å²) in [4.78, 5) is 11.4. The van der Waals surface area contributed by atoms with Gasteiger partial charge in [-0.2, -0.15) is 4.68 Å². The first-order valence-electron chi connectivity index (χ1n) is 4.68. The van der Waals surface area contributed by atoms with E-state index in [0.29, 0.717) is 11.4 Å². The zero-order valence-electron chi connectivity index (χ0n) is 8.71. The number of rotatable bonds is 3. The third-order valence-corrected chi connectivity index (χ3v) is 2.06. The zero-order chi connectivity index (χ0) is 11.5. The molecule has 0 fully saturated rings. The maximum absolute atomic E-state index is 11.4. The molecule has 6 heteroatoms. The van der Waals surface area contributed by atoms with E-state index in [1.807, 2.05) is 0 Å². The first-order valence-corrected chi connectivity index (χ1v) is 4.68. The highest BCUT2D eigenvalue weighted by molar-refractivity contribution is 5.37. The van der Waals surface area contributed by atoms with E-state index in [1.54, 1.807) is 31.4 Å². The Hall–Kier alpha value is -2.08. The average Bonchev–Trinajstić information content (AvgIpc) is 2.71. The van der Waals surface area contributed by atoms with Crippen LogP contribution in [0.1, 0.15) is 5.89 Å². The van der Waals surface area contributed by atoms with Gasteiger partial charge in [-0.05, 0) is 12.1 Å². The molecule has 0 unspecified atom stereocenters. The largest absolute Gasteiger partial charge is 0.497 e. The number of ether oxygens (including phenoxy) is 1. The van der Waals surface area contributed by atoms with E-state index in [9.17, 15) is 4.79 Å². The Morgan fingerprint density at radius 1 is 1.56 bits per heavy atom. The molecule has 84 valence electrons. The molecule has 0 bridgehead atoms. The summed E-state index contributed by atoms with van der Waals surface area (Å²) in [5.74, 6) is 0.281. The molecular formula is C10H11N3O3. The molecule has 1 heterocycles. The summed E-state index contributed by atoms with van der Waals surface area (Å²) in [6.07, 6.45) is 0. The molecule has 1 aromatic heterocycles. The van der Waals surface area contributed by atoms with Crippen LogP contribution in [-0.2, 0) is 6.54 Å². The minimum Gasteiger partial charge on any atom is -0.497 e. The molecule has 2 N–H and O–H groups in total. The summed E-state index contributed by atoms with van der Waals surface area (Å²) in [6, 6.07) is 6.95. The Balaban J connectivity index is 2.49. The average molecular weight is 221 g/mol. The van der Waals surface area contributed by atoms with E-state index in [1.165, 1.54) is 0 Å². The van der Waals surface area contributed by atoms with Crippen molar-refractivity contribution in [1.82, 2.24) is 9.78 Å². The smallest absolute Gasteiger partial charge is 0.442 e. The summed E-state index contributed by atoms with van der Waals surface area (Å²) in [7, 11) is 1.55. The van der Waals surface area contributed by atoms with Crippen LogP contribution in [0.3, 0.4) is 0 Å². The van der Waals surface area contributed by atoms with Crippen LogP contribution in [0.5, 0.6) is 5.75 Å². The fourth-order valence-corrected chi connectivity index (χ4v) is 1.30. The minimum absolute atomic E-state index is 0.0895. The van der Waals surface area contributed by atoms with Gasteiger partial charge in [0.05, 0.1) is 19.3 Å². The maximum Gasteiger partial charge on any atom is 0.442 e. The lowest BCUT2D eigenvalue weighted by atomic mass is 10.3. The van der Waals surface area contributed by atoms with E-state index >= 15 is 0 Å². The number of nitrogens with two attached hydrogens (primary N) is 1. The second-order valence-corrected chi connectivity index (χ2v) is 3.08. The van der Waals surface area contributed by atoms with Gasteiger partial charge in [0, 0.05) is 6.07 Å². The van der Waals surface area contributed by atoms with Gasteiger partial charge in [0.1, 0.15) is 5.75 Å². The second kappa shape index (κ2) is 4.19. The molecule has 0 atom stereocenters. The van der Waals surface area contributed by atoms with Crippen molar-refractivity contribution >= 4 is 0 Å². The van der Waals surface area contributed by atoms with E-state index in [2.05, 4.69) is 5.10 Å². The van der Waals surface area contributed by atoms with Crippen molar-refractivity contribution in [3.8, 4) is 11.4 Å². The summed E-state index contributed by atoms with van der Waals surface area (Å²) in [6.45, 7) is 0.0895. The van der Waals surface area contributed by atoms with E-state index in [-0.39, 0.29) is 12.4 Å². The first-order chi connectivity index (χ1) is 7.74. The predicted octanol–water partition coefficient (Wildman–Crippen LogP) is 0.293. The number of benzene rings is 1.